The first-order valence-corrected chi connectivity index (χ1v) is 5.19. The summed E-state index contributed by atoms with van der Waals surface area (Å²) in [5, 5.41) is 8.93. The quantitative estimate of drug-likeness (QED) is 0.583. The number of fused-ring (bicyclic) bond motifs is 1. The summed E-state index contributed by atoms with van der Waals surface area (Å²) in [6, 6.07) is 1.15. The molecule has 3 nitrogen and oxygen atoms in total. The molecule has 0 amide bonds. The SMILES string of the molecule is On1c(C(F)(F)F)nc2c(Cl)cc(Cl)c(Cl)c21. The molecule has 0 spiro atoms. The van der Waals surface area contributed by atoms with Crippen molar-refractivity contribution in [2.45, 2.75) is 6.18 Å². The van der Waals surface area contributed by atoms with E-state index in [1.165, 1.54) is 0 Å². The highest BCUT2D eigenvalue weighted by atomic mass is 35.5. The molecular weight excluding hydrogens is 303 g/mol. The molecule has 0 atom stereocenters. The Morgan fingerprint density at radius 1 is 1.18 bits per heavy atom. The molecule has 2 aromatic rings. The van der Waals surface area contributed by atoms with Crippen LogP contribution in [0.5, 0.6) is 0 Å². The molecule has 0 saturated heterocycles. The lowest BCUT2D eigenvalue weighted by atomic mass is 10.3. The summed E-state index contributed by atoms with van der Waals surface area (Å²) in [5.74, 6) is -1.52. The van der Waals surface area contributed by atoms with E-state index >= 15 is 0 Å². The Balaban J connectivity index is 2.92. The van der Waals surface area contributed by atoms with Crippen molar-refractivity contribution >= 4 is 45.8 Å². The minimum Gasteiger partial charge on any atom is -0.426 e. The van der Waals surface area contributed by atoms with Gasteiger partial charge in [-0.2, -0.15) is 17.9 Å². The van der Waals surface area contributed by atoms with Gasteiger partial charge >= 0.3 is 6.18 Å². The van der Waals surface area contributed by atoms with E-state index in [0.717, 1.165) is 6.07 Å². The lowest BCUT2D eigenvalue weighted by molar-refractivity contribution is -0.153. The molecule has 1 N–H and O–H groups in total. The van der Waals surface area contributed by atoms with Gasteiger partial charge < -0.3 is 5.21 Å². The lowest BCUT2D eigenvalue weighted by Crippen LogP contribution is -2.13. The van der Waals surface area contributed by atoms with Crippen LogP contribution >= 0.6 is 34.8 Å². The molecule has 0 bridgehead atoms. The van der Waals surface area contributed by atoms with Gasteiger partial charge in [0.25, 0.3) is 5.82 Å². The van der Waals surface area contributed by atoms with E-state index in [0.29, 0.717) is 0 Å². The number of halogens is 6. The van der Waals surface area contributed by atoms with Crippen LogP contribution in [0.4, 0.5) is 13.2 Å². The zero-order chi connectivity index (χ0) is 13.0. The van der Waals surface area contributed by atoms with Gasteiger partial charge in [0, 0.05) is 0 Å². The number of hydrogen-bond acceptors (Lipinski definition) is 2. The molecule has 1 aromatic heterocycles. The fourth-order valence-electron chi connectivity index (χ4n) is 1.32. The Morgan fingerprint density at radius 3 is 2.29 bits per heavy atom. The lowest BCUT2D eigenvalue weighted by Gasteiger charge is -2.04. The normalized spacial score (nSPS) is 12.4. The molecule has 92 valence electrons. The topological polar surface area (TPSA) is 38.0 Å². The van der Waals surface area contributed by atoms with E-state index in [1.54, 1.807) is 0 Å². The van der Waals surface area contributed by atoms with Crippen molar-refractivity contribution in [3.8, 4) is 0 Å². The van der Waals surface area contributed by atoms with Gasteiger partial charge in [0.05, 0.1) is 15.1 Å². The van der Waals surface area contributed by atoms with Crippen molar-refractivity contribution in [2.75, 3.05) is 0 Å². The highest BCUT2D eigenvalue weighted by Gasteiger charge is 2.39. The fraction of sp³-hybridized carbons (Fsp3) is 0.125. The summed E-state index contributed by atoms with van der Waals surface area (Å²) in [6.07, 6.45) is -4.83. The maximum Gasteiger partial charge on any atom is 0.453 e. The smallest absolute Gasteiger partial charge is 0.426 e. The number of benzene rings is 1. The molecule has 0 aliphatic rings. The van der Waals surface area contributed by atoms with E-state index < -0.39 is 12.0 Å². The second-order valence-corrected chi connectivity index (χ2v) is 4.29. The third-order valence-corrected chi connectivity index (χ3v) is 3.07. The first-order chi connectivity index (χ1) is 7.73. The largest absolute Gasteiger partial charge is 0.453 e. The summed E-state index contributed by atoms with van der Waals surface area (Å²) < 4.78 is 37.3. The molecule has 0 unspecified atom stereocenters. The fourth-order valence-corrected chi connectivity index (χ4v) is 2.03. The average molecular weight is 305 g/mol. The maximum atomic E-state index is 12.5. The number of alkyl halides is 3. The first-order valence-electron chi connectivity index (χ1n) is 4.06. The standard InChI is InChI=1S/C8H2Cl3F3N2O/c9-2-1-3(10)5-6(4(2)11)16(17)7(15-5)8(12,13)14/h1,17H. The van der Waals surface area contributed by atoms with Crippen LogP contribution in [0.25, 0.3) is 11.0 Å². The summed E-state index contributed by atoms with van der Waals surface area (Å²) in [5.41, 5.74) is -0.646. The monoisotopic (exact) mass is 304 g/mol. The molecular formula is C8H2Cl3F3N2O. The van der Waals surface area contributed by atoms with Gasteiger partial charge in [0.15, 0.2) is 0 Å². The molecule has 0 saturated carbocycles. The van der Waals surface area contributed by atoms with Crippen LogP contribution in [-0.2, 0) is 6.18 Å². The van der Waals surface area contributed by atoms with Crippen LogP contribution in [0.15, 0.2) is 6.07 Å². The van der Waals surface area contributed by atoms with E-state index in [4.69, 9.17) is 34.8 Å². The van der Waals surface area contributed by atoms with Gasteiger partial charge in [-0.3, -0.25) is 0 Å². The van der Waals surface area contributed by atoms with Crippen LogP contribution in [0, 0.1) is 0 Å². The third kappa shape index (κ3) is 1.90. The van der Waals surface area contributed by atoms with E-state index in [2.05, 4.69) is 4.98 Å². The predicted octanol–water partition coefficient (Wildman–Crippen LogP) is 4.25. The number of nitrogens with zero attached hydrogens (tertiary/aromatic N) is 2. The zero-order valence-electron chi connectivity index (χ0n) is 7.69. The molecule has 1 heterocycles. The van der Waals surface area contributed by atoms with E-state index in [9.17, 15) is 18.4 Å². The molecule has 0 fully saturated rings. The Bertz CT molecular complexity index is 608. The van der Waals surface area contributed by atoms with Crippen LogP contribution in [0.2, 0.25) is 15.1 Å². The number of rotatable bonds is 0. The number of aromatic nitrogens is 2. The number of imidazole rings is 1. The first kappa shape index (κ1) is 12.6. The summed E-state index contributed by atoms with van der Waals surface area (Å²) in [7, 11) is 0. The Kier molecular flexibility index (Phi) is 2.84. The molecule has 1 aromatic carbocycles. The van der Waals surface area contributed by atoms with Crippen LogP contribution in [-0.4, -0.2) is 14.9 Å². The Hall–Kier alpha value is -0.850. The van der Waals surface area contributed by atoms with Crippen molar-refractivity contribution < 1.29 is 18.4 Å². The van der Waals surface area contributed by atoms with Crippen molar-refractivity contribution in [1.29, 1.82) is 0 Å². The minimum absolute atomic E-state index is 0.0758. The third-order valence-electron chi connectivity index (χ3n) is 2.01. The molecule has 17 heavy (non-hydrogen) atoms. The van der Waals surface area contributed by atoms with Crippen molar-refractivity contribution in [3.63, 3.8) is 0 Å². The van der Waals surface area contributed by atoms with Gasteiger partial charge in [-0.25, -0.2) is 4.98 Å². The highest BCUT2D eigenvalue weighted by Crippen LogP contribution is 2.39. The maximum absolute atomic E-state index is 12.5. The molecule has 2 rings (SSSR count). The van der Waals surface area contributed by atoms with E-state index in [-0.39, 0.29) is 30.8 Å². The molecule has 0 radical (unpaired) electrons. The van der Waals surface area contributed by atoms with Gasteiger partial charge in [0.2, 0.25) is 0 Å². The highest BCUT2D eigenvalue weighted by molar-refractivity contribution is 6.47. The van der Waals surface area contributed by atoms with Crippen molar-refractivity contribution in [3.05, 3.63) is 27.0 Å². The van der Waals surface area contributed by atoms with Crippen LogP contribution < -0.4 is 0 Å². The molecule has 9 heteroatoms. The van der Waals surface area contributed by atoms with E-state index in [1.807, 2.05) is 0 Å². The van der Waals surface area contributed by atoms with Gasteiger partial charge in [-0.1, -0.05) is 34.8 Å². The van der Waals surface area contributed by atoms with Gasteiger partial charge in [-0.15, -0.1) is 0 Å². The minimum atomic E-state index is -4.83. The summed E-state index contributed by atoms with van der Waals surface area (Å²) >= 11 is 17.0. The second-order valence-electron chi connectivity index (χ2n) is 3.10. The molecule has 0 aliphatic heterocycles. The van der Waals surface area contributed by atoms with Gasteiger partial charge in [0.1, 0.15) is 11.0 Å². The number of hydrogen-bond donors (Lipinski definition) is 1. The van der Waals surface area contributed by atoms with Crippen molar-refractivity contribution in [1.82, 2.24) is 9.71 Å². The zero-order valence-corrected chi connectivity index (χ0v) is 9.95. The predicted molar refractivity (Wildman–Crippen MR) is 56.9 cm³/mol. The Morgan fingerprint density at radius 2 is 1.76 bits per heavy atom. The van der Waals surface area contributed by atoms with Crippen molar-refractivity contribution in [2.24, 2.45) is 0 Å². The van der Waals surface area contributed by atoms with Crippen LogP contribution in [0.1, 0.15) is 5.82 Å². The molecule has 0 aliphatic carbocycles. The van der Waals surface area contributed by atoms with Crippen LogP contribution in [0.3, 0.4) is 0 Å². The second kappa shape index (κ2) is 3.83. The summed E-state index contributed by atoms with van der Waals surface area (Å²) in [4.78, 5) is 3.20. The average Bonchev–Trinajstić information content (AvgIpc) is 2.53. The Labute approximate surface area is 107 Å². The summed E-state index contributed by atoms with van der Waals surface area (Å²) in [6.45, 7) is 0. The van der Waals surface area contributed by atoms with Gasteiger partial charge in [-0.05, 0) is 6.07 Å².